The first-order chi connectivity index (χ1) is 9.52. The van der Waals surface area contributed by atoms with Crippen LogP contribution >= 0.6 is 0 Å². The van der Waals surface area contributed by atoms with E-state index in [1.54, 1.807) is 32.0 Å². The van der Waals surface area contributed by atoms with Crippen molar-refractivity contribution in [3.63, 3.8) is 0 Å². The van der Waals surface area contributed by atoms with Crippen LogP contribution in [0.1, 0.15) is 13.8 Å². The van der Waals surface area contributed by atoms with E-state index in [9.17, 15) is 9.59 Å². The Morgan fingerprint density at radius 2 is 1.95 bits per heavy atom. The van der Waals surface area contributed by atoms with Crippen molar-refractivity contribution >= 4 is 16.8 Å². The summed E-state index contributed by atoms with van der Waals surface area (Å²) in [4.78, 5) is 23.0. The second-order valence-electron chi connectivity index (χ2n) is 4.68. The van der Waals surface area contributed by atoms with Crippen LogP contribution in [0.4, 0.5) is 0 Å². The molecule has 0 aliphatic rings. The average Bonchev–Trinajstić information content (AvgIpc) is 2.43. The molecule has 106 valence electrons. The number of fused-ring (bicyclic) bond motifs is 1. The van der Waals surface area contributed by atoms with Crippen LogP contribution in [0.5, 0.6) is 11.5 Å². The summed E-state index contributed by atoms with van der Waals surface area (Å²) in [6.45, 7) is 3.50. The van der Waals surface area contributed by atoms with Gasteiger partial charge in [-0.05, 0) is 18.2 Å². The number of hydrogen-bond acceptors (Lipinski definition) is 5. The van der Waals surface area contributed by atoms with E-state index in [0.29, 0.717) is 11.1 Å². The van der Waals surface area contributed by atoms with Gasteiger partial charge in [0.05, 0.1) is 7.11 Å². The molecule has 0 radical (unpaired) electrons. The number of ketones is 1. The largest absolute Gasteiger partial charge is 0.493 e. The van der Waals surface area contributed by atoms with Crippen molar-refractivity contribution in [1.82, 2.24) is 0 Å². The van der Waals surface area contributed by atoms with Gasteiger partial charge in [-0.3, -0.25) is 4.79 Å². The standard InChI is InChI=1S/C15H16O5/c1-9(2)11(16)8-19-15-12(18-3)6-4-10-5-7-13(17)20-14(10)15/h4-7,9H,8H2,1-3H3. The van der Waals surface area contributed by atoms with Crippen LogP contribution in [-0.4, -0.2) is 19.5 Å². The van der Waals surface area contributed by atoms with E-state index in [-0.39, 0.29) is 29.6 Å². The molecule has 0 saturated carbocycles. The van der Waals surface area contributed by atoms with E-state index >= 15 is 0 Å². The number of hydrogen-bond donors (Lipinski definition) is 0. The summed E-state index contributed by atoms with van der Waals surface area (Å²) >= 11 is 0. The molecular formula is C15H16O5. The molecule has 0 fully saturated rings. The molecule has 1 heterocycles. The highest BCUT2D eigenvalue weighted by Crippen LogP contribution is 2.34. The monoisotopic (exact) mass is 276 g/mol. The second-order valence-corrected chi connectivity index (χ2v) is 4.68. The van der Waals surface area contributed by atoms with Crippen LogP contribution in [0.25, 0.3) is 11.0 Å². The van der Waals surface area contributed by atoms with Gasteiger partial charge in [0.15, 0.2) is 17.1 Å². The Balaban J connectivity index is 2.45. The van der Waals surface area contributed by atoms with Crippen molar-refractivity contribution in [2.45, 2.75) is 13.8 Å². The summed E-state index contributed by atoms with van der Waals surface area (Å²) in [6.07, 6.45) is 0. The quantitative estimate of drug-likeness (QED) is 0.784. The fraction of sp³-hybridized carbons (Fsp3) is 0.333. The predicted molar refractivity (Wildman–Crippen MR) is 74.4 cm³/mol. The minimum absolute atomic E-state index is 0.0395. The molecule has 0 amide bonds. The summed E-state index contributed by atoms with van der Waals surface area (Å²) in [5, 5.41) is 0.706. The van der Waals surface area contributed by atoms with Crippen LogP contribution < -0.4 is 15.1 Å². The molecule has 5 heteroatoms. The topological polar surface area (TPSA) is 65.7 Å². The zero-order valence-electron chi connectivity index (χ0n) is 11.6. The zero-order chi connectivity index (χ0) is 14.7. The summed E-state index contributed by atoms with van der Waals surface area (Å²) in [6, 6.07) is 6.43. The minimum Gasteiger partial charge on any atom is -0.493 e. The molecule has 1 aromatic heterocycles. The number of methoxy groups -OCH3 is 1. The summed E-state index contributed by atoms with van der Waals surface area (Å²) in [7, 11) is 1.49. The Hall–Kier alpha value is -2.30. The van der Waals surface area contributed by atoms with Crippen molar-refractivity contribution in [2.24, 2.45) is 5.92 Å². The molecule has 2 rings (SSSR count). The van der Waals surface area contributed by atoms with Crippen molar-refractivity contribution in [1.29, 1.82) is 0 Å². The third-order valence-electron chi connectivity index (χ3n) is 2.93. The highest BCUT2D eigenvalue weighted by atomic mass is 16.5. The molecule has 5 nitrogen and oxygen atoms in total. The fourth-order valence-electron chi connectivity index (χ4n) is 1.70. The molecule has 0 spiro atoms. The Bertz CT molecular complexity index is 684. The minimum atomic E-state index is -0.481. The SMILES string of the molecule is COc1ccc2ccc(=O)oc2c1OCC(=O)C(C)C. The van der Waals surface area contributed by atoms with Gasteiger partial charge in [-0.2, -0.15) is 0 Å². The van der Waals surface area contributed by atoms with Crippen LogP contribution in [0, 0.1) is 5.92 Å². The highest BCUT2D eigenvalue weighted by Gasteiger charge is 2.15. The Morgan fingerprint density at radius 3 is 2.60 bits per heavy atom. The zero-order valence-corrected chi connectivity index (χ0v) is 11.6. The van der Waals surface area contributed by atoms with E-state index in [4.69, 9.17) is 13.9 Å². The van der Waals surface area contributed by atoms with Gasteiger partial charge >= 0.3 is 5.63 Å². The van der Waals surface area contributed by atoms with Crippen LogP contribution in [0.2, 0.25) is 0 Å². The molecule has 0 bridgehead atoms. The van der Waals surface area contributed by atoms with Crippen LogP contribution in [-0.2, 0) is 4.79 Å². The smallest absolute Gasteiger partial charge is 0.336 e. The predicted octanol–water partition coefficient (Wildman–Crippen LogP) is 2.41. The van der Waals surface area contributed by atoms with Gasteiger partial charge in [-0.1, -0.05) is 13.8 Å². The van der Waals surface area contributed by atoms with Gasteiger partial charge in [0, 0.05) is 17.4 Å². The highest BCUT2D eigenvalue weighted by molar-refractivity contribution is 5.86. The number of carbonyl (C=O) groups is 1. The molecule has 0 aliphatic carbocycles. The van der Waals surface area contributed by atoms with Gasteiger partial charge in [0.25, 0.3) is 0 Å². The van der Waals surface area contributed by atoms with Crippen molar-refractivity contribution in [3.8, 4) is 11.5 Å². The molecular weight excluding hydrogens is 260 g/mol. The lowest BCUT2D eigenvalue weighted by atomic mass is 10.1. The van der Waals surface area contributed by atoms with Gasteiger partial charge in [0.2, 0.25) is 5.75 Å². The summed E-state index contributed by atoms with van der Waals surface area (Å²) < 4.78 is 15.9. The third kappa shape index (κ3) is 2.82. The van der Waals surface area contributed by atoms with E-state index in [1.807, 2.05) is 0 Å². The van der Waals surface area contributed by atoms with E-state index in [2.05, 4.69) is 0 Å². The summed E-state index contributed by atoms with van der Waals surface area (Å²) in [5.41, 5.74) is -0.195. The lowest BCUT2D eigenvalue weighted by Crippen LogP contribution is -2.17. The molecule has 0 atom stereocenters. The van der Waals surface area contributed by atoms with Crippen molar-refractivity contribution in [3.05, 3.63) is 34.7 Å². The fourth-order valence-corrected chi connectivity index (χ4v) is 1.70. The Labute approximate surface area is 116 Å². The van der Waals surface area contributed by atoms with Gasteiger partial charge < -0.3 is 13.9 Å². The normalized spacial score (nSPS) is 10.8. The number of rotatable bonds is 5. The molecule has 20 heavy (non-hydrogen) atoms. The molecule has 1 aromatic carbocycles. The lowest BCUT2D eigenvalue weighted by Gasteiger charge is -2.12. The Morgan fingerprint density at radius 1 is 1.25 bits per heavy atom. The van der Waals surface area contributed by atoms with Crippen molar-refractivity contribution < 1.29 is 18.7 Å². The molecule has 0 saturated heterocycles. The Kier molecular flexibility index (Phi) is 4.08. The first-order valence-electron chi connectivity index (χ1n) is 6.29. The maximum absolute atomic E-state index is 11.7. The van der Waals surface area contributed by atoms with Crippen molar-refractivity contribution in [2.75, 3.05) is 13.7 Å². The maximum Gasteiger partial charge on any atom is 0.336 e. The molecule has 2 aromatic rings. The lowest BCUT2D eigenvalue weighted by molar-refractivity contribution is -0.123. The van der Waals surface area contributed by atoms with Gasteiger partial charge in [0.1, 0.15) is 6.61 Å². The number of ether oxygens (including phenoxy) is 2. The van der Waals surface area contributed by atoms with Crippen LogP contribution in [0.15, 0.2) is 33.5 Å². The number of Topliss-reactive ketones (excluding diaryl/α,β-unsaturated/α-hetero) is 1. The van der Waals surface area contributed by atoms with Gasteiger partial charge in [-0.15, -0.1) is 0 Å². The average molecular weight is 276 g/mol. The first-order valence-corrected chi connectivity index (χ1v) is 6.29. The maximum atomic E-state index is 11.7. The number of benzene rings is 1. The van der Waals surface area contributed by atoms with Crippen LogP contribution in [0.3, 0.4) is 0 Å². The molecule has 0 aliphatic heterocycles. The van der Waals surface area contributed by atoms with Gasteiger partial charge in [-0.25, -0.2) is 4.79 Å². The summed E-state index contributed by atoms with van der Waals surface area (Å²) in [5.74, 6) is 0.533. The molecule has 0 N–H and O–H groups in total. The second kappa shape index (κ2) is 5.77. The van der Waals surface area contributed by atoms with E-state index in [0.717, 1.165) is 0 Å². The number of carbonyl (C=O) groups excluding carboxylic acids is 1. The van der Waals surface area contributed by atoms with E-state index in [1.165, 1.54) is 13.2 Å². The molecule has 0 unspecified atom stereocenters. The van der Waals surface area contributed by atoms with E-state index < -0.39 is 5.63 Å². The third-order valence-corrected chi connectivity index (χ3v) is 2.93. The first kappa shape index (κ1) is 14.1.